The number of nitrogens with two attached hydrogens (primary N) is 1. The Morgan fingerprint density at radius 3 is 2.63 bits per heavy atom. The minimum absolute atomic E-state index is 0.0495. The number of hydrogen-bond donors (Lipinski definition) is 2. The number of likely N-dealkylation sites (N-methyl/N-ethyl adjacent to an activating group) is 1. The lowest BCUT2D eigenvalue weighted by molar-refractivity contribution is -0.119. The molecule has 8 nitrogen and oxygen atoms in total. The topological polar surface area (TPSA) is 104 Å². The maximum Gasteiger partial charge on any atom is 0.330 e. The van der Waals surface area contributed by atoms with E-state index in [2.05, 4.69) is 22.0 Å². The standard InChI is InChI=1S/C22H31N5O3/c1-3-5-14-27-20(23)19(21(29)24-22(27)30)26(4-2)18(28)15-25-13-9-12-17(25)16-10-7-6-8-11-16/h6-8,10-11,17H,3-5,9,12-15,23H2,1-2H3,(H,24,29,30). The van der Waals surface area contributed by atoms with Gasteiger partial charge in [0, 0.05) is 19.1 Å². The van der Waals surface area contributed by atoms with Crippen molar-refractivity contribution in [3.05, 3.63) is 56.7 Å². The van der Waals surface area contributed by atoms with E-state index in [1.807, 2.05) is 25.1 Å². The van der Waals surface area contributed by atoms with Gasteiger partial charge in [0.1, 0.15) is 5.82 Å². The van der Waals surface area contributed by atoms with Gasteiger partial charge in [-0.3, -0.25) is 24.0 Å². The molecular formula is C22H31N5O3. The second-order valence-electron chi connectivity index (χ2n) is 7.68. The Hall–Kier alpha value is -2.87. The zero-order valence-corrected chi connectivity index (χ0v) is 17.8. The lowest BCUT2D eigenvalue weighted by Gasteiger charge is -2.28. The number of carbonyl (C=O) groups is 1. The number of nitrogen functional groups attached to an aromatic ring is 1. The van der Waals surface area contributed by atoms with Crippen LogP contribution in [0.15, 0.2) is 39.9 Å². The molecule has 1 atom stereocenters. The quantitative estimate of drug-likeness (QED) is 0.690. The molecular weight excluding hydrogens is 382 g/mol. The highest BCUT2D eigenvalue weighted by molar-refractivity contribution is 5.96. The lowest BCUT2D eigenvalue weighted by Crippen LogP contribution is -2.45. The van der Waals surface area contributed by atoms with Gasteiger partial charge in [-0.05, 0) is 38.3 Å². The van der Waals surface area contributed by atoms with E-state index >= 15 is 0 Å². The average molecular weight is 414 g/mol. The number of benzene rings is 1. The van der Waals surface area contributed by atoms with Gasteiger partial charge in [0.2, 0.25) is 5.91 Å². The Bertz CT molecular complexity index is 983. The number of rotatable bonds is 8. The summed E-state index contributed by atoms with van der Waals surface area (Å²) in [7, 11) is 0. The Labute approximate surface area is 176 Å². The van der Waals surface area contributed by atoms with Crippen LogP contribution in [-0.2, 0) is 11.3 Å². The van der Waals surface area contributed by atoms with Gasteiger partial charge in [-0.25, -0.2) is 4.79 Å². The molecule has 1 saturated heterocycles. The summed E-state index contributed by atoms with van der Waals surface area (Å²) in [5, 5.41) is 0. The van der Waals surface area contributed by atoms with E-state index in [9.17, 15) is 14.4 Å². The number of carbonyl (C=O) groups excluding carboxylic acids is 1. The van der Waals surface area contributed by atoms with Crippen molar-refractivity contribution in [2.75, 3.05) is 30.3 Å². The summed E-state index contributed by atoms with van der Waals surface area (Å²) in [5.74, 6) is -0.147. The van der Waals surface area contributed by atoms with Crippen molar-refractivity contribution < 1.29 is 4.79 Å². The largest absolute Gasteiger partial charge is 0.383 e. The number of amides is 1. The summed E-state index contributed by atoms with van der Waals surface area (Å²) < 4.78 is 1.35. The fourth-order valence-electron chi connectivity index (χ4n) is 4.16. The third kappa shape index (κ3) is 4.48. The van der Waals surface area contributed by atoms with Crippen molar-refractivity contribution in [3.63, 3.8) is 0 Å². The molecule has 1 amide bonds. The minimum atomic E-state index is -0.624. The number of nitrogens with zero attached hydrogens (tertiary/aromatic N) is 3. The molecule has 1 unspecified atom stereocenters. The summed E-state index contributed by atoms with van der Waals surface area (Å²) in [6.45, 7) is 5.53. The van der Waals surface area contributed by atoms with Gasteiger partial charge in [-0.15, -0.1) is 0 Å². The molecule has 0 aliphatic carbocycles. The molecule has 1 aliphatic rings. The number of likely N-dealkylation sites (tertiary alicyclic amines) is 1. The van der Waals surface area contributed by atoms with Crippen LogP contribution >= 0.6 is 0 Å². The third-order valence-electron chi connectivity index (χ3n) is 5.72. The molecule has 1 aromatic carbocycles. The number of hydrogen-bond acceptors (Lipinski definition) is 5. The monoisotopic (exact) mass is 413 g/mol. The highest BCUT2D eigenvalue weighted by atomic mass is 16.2. The summed E-state index contributed by atoms with van der Waals surface area (Å²) in [6, 6.07) is 10.3. The zero-order chi connectivity index (χ0) is 21.7. The van der Waals surface area contributed by atoms with Crippen molar-refractivity contribution in [1.29, 1.82) is 0 Å². The van der Waals surface area contributed by atoms with Crippen LogP contribution in [0.3, 0.4) is 0 Å². The molecule has 162 valence electrons. The van der Waals surface area contributed by atoms with Crippen LogP contribution in [0.5, 0.6) is 0 Å². The molecule has 30 heavy (non-hydrogen) atoms. The number of anilines is 2. The van der Waals surface area contributed by atoms with Crippen molar-refractivity contribution in [2.45, 2.75) is 52.1 Å². The summed E-state index contributed by atoms with van der Waals surface area (Å²) in [6.07, 6.45) is 3.65. The van der Waals surface area contributed by atoms with Crippen molar-refractivity contribution >= 4 is 17.4 Å². The summed E-state index contributed by atoms with van der Waals surface area (Å²) >= 11 is 0. The van der Waals surface area contributed by atoms with E-state index < -0.39 is 11.2 Å². The first-order chi connectivity index (χ1) is 14.5. The average Bonchev–Trinajstić information content (AvgIpc) is 3.19. The van der Waals surface area contributed by atoms with E-state index in [0.717, 1.165) is 32.2 Å². The fourth-order valence-corrected chi connectivity index (χ4v) is 4.16. The number of H-pyrrole nitrogens is 1. The van der Waals surface area contributed by atoms with Crippen LogP contribution in [0.25, 0.3) is 0 Å². The van der Waals surface area contributed by atoms with Crippen LogP contribution in [0.2, 0.25) is 0 Å². The Kier molecular flexibility index (Phi) is 7.10. The fraction of sp³-hybridized carbons (Fsp3) is 0.500. The number of aromatic nitrogens is 2. The highest BCUT2D eigenvalue weighted by Gasteiger charge is 2.30. The molecule has 1 fully saturated rings. The second-order valence-corrected chi connectivity index (χ2v) is 7.68. The van der Waals surface area contributed by atoms with E-state index in [4.69, 9.17) is 5.73 Å². The zero-order valence-electron chi connectivity index (χ0n) is 17.8. The van der Waals surface area contributed by atoms with E-state index in [0.29, 0.717) is 13.1 Å². The van der Waals surface area contributed by atoms with Crippen molar-refractivity contribution in [1.82, 2.24) is 14.5 Å². The van der Waals surface area contributed by atoms with E-state index in [1.54, 1.807) is 6.92 Å². The smallest absolute Gasteiger partial charge is 0.330 e. The van der Waals surface area contributed by atoms with Crippen LogP contribution in [0.1, 0.15) is 51.1 Å². The molecule has 0 bridgehead atoms. The van der Waals surface area contributed by atoms with Crippen LogP contribution in [-0.4, -0.2) is 40.0 Å². The normalized spacial score (nSPS) is 16.7. The Morgan fingerprint density at radius 1 is 1.23 bits per heavy atom. The van der Waals surface area contributed by atoms with Crippen molar-refractivity contribution in [2.24, 2.45) is 0 Å². The van der Waals surface area contributed by atoms with Gasteiger partial charge in [0.15, 0.2) is 5.69 Å². The molecule has 0 spiro atoms. The van der Waals surface area contributed by atoms with E-state index in [1.165, 1.54) is 15.0 Å². The first-order valence-corrected chi connectivity index (χ1v) is 10.7. The maximum atomic E-state index is 13.2. The lowest BCUT2D eigenvalue weighted by atomic mass is 10.0. The molecule has 0 saturated carbocycles. The molecule has 3 rings (SSSR count). The molecule has 8 heteroatoms. The first-order valence-electron chi connectivity index (χ1n) is 10.7. The number of aromatic amines is 1. The predicted octanol–water partition coefficient (Wildman–Crippen LogP) is 2.11. The molecule has 2 heterocycles. The SMILES string of the molecule is CCCCn1c(N)c(N(CC)C(=O)CN2CCCC2c2ccccc2)c(=O)[nH]c1=O. The van der Waals surface area contributed by atoms with Gasteiger partial charge in [-0.2, -0.15) is 0 Å². The first kappa shape index (κ1) is 21.8. The maximum absolute atomic E-state index is 13.2. The van der Waals surface area contributed by atoms with Gasteiger partial charge in [0.05, 0.1) is 6.54 Å². The molecule has 1 aromatic heterocycles. The van der Waals surface area contributed by atoms with E-state index in [-0.39, 0.29) is 30.0 Å². The predicted molar refractivity (Wildman–Crippen MR) is 119 cm³/mol. The number of unbranched alkanes of at least 4 members (excludes halogenated alkanes) is 1. The Balaban J connectivity index is 1.86. The molecule has 0 radical (unpaired) electrons. The third-order valence-corrected chi connectivity index (χ3v) is 5.72. The number of nitrogens with one attached hydrogen (secondary N) is 1. The van der Waals surface area contributed by atoms with Gasteiger partial charge in [0.25, 0.3) is 5.56 Å². The minimum Gasteiger partial charge on any atom is -0.383 e. The second kappa shape index (κ2) is 9.75. The molecule has 1 aliphatic heterocycles. The van der Waals surface area contributed by atoms with Crippen molar-refractivity contribution in [3.8, 4) is 0 Å². The van der Waals surface area contributed by atoms with Crippen LogP contribution in [0, 0.1) is 0 Å². The van der Waals surface area contributed by atoms with Gasteiger partial charge < -0.3 is 10.6 Å². The summed E-state index contributed by atoms with van der Waals surface area (Å²) in [5.41, 5.74) is 6.29. The summed E-state index contributed by atoms with van der Waals surface area (Å²) in [4.78, 5) is 43.8. The van der Waals surface area contributed by atoms with Gasteiger partial charge in [-0.1, -0.05) is 43.7 Å². The van der Waals surface area contributed by atoms with Crippen LogP contribution < -0.4 is 21.9 Å². The highest BCUT2D eigenvalue weighted by Crippen LogP contribution is 2.31. The Morgan fingerprint density at radius 2 is 1.97 bits per heavy atom. The molecule has 3 N–H and O–H groups in total. The van der Waals surface area contributed by atoms with Crippen LogP contribution in [0.4, 0.5) is 11.5 Å². The van der Waals surface area contributed by atoms with Gasteiger partial charge >= 0.3 is 5.69 Å². The molecule has 2 aromatic rings.